The van der Waals surface area contributed by atoms with Crippen molar-refractivity contribution in [3.8, 4) is 22.3 Å². The summed E-state index contributed by atoms with van der Waals surface area (Å²) in [5.74, 6) is 0.573. The van der Waals surface area contributed by atoms with E-state index in [4.69, 9.17) is 0 Å². The molecular weight excluding hydrogens is 707 g/mol. The predicted molar refractivity (Wildman–Crippen MR) is 199 cm³/mol. The van der Waals surface area contributed by atoms with E-state index in [2.05, 4.69) is 172 Å². The Kier molecular flexibility index (Phi) is 15.2. The van der Waals surface area contributed by atoms with E-state index in [9.17, 15) is 0 Å². The van der Waals surface area contributed by atoms with Crippen molar-refractivity contribution in [3.05, 3.63) is 130 Å². The fourth-order valence-electron chi connectivity index (χ4n) is 5.84. The minimum absolute atomic E-state index is 0. The fourth-order valence-corrected chi connectivity index (χ4v) is 5.84. The molecule has 0 heterocycles. The van der Waals surface area contributed by atoms with Crippen molar-refractivity contribution < 1.29 is 48.1 Å². The third-order valence-electron chi connectivity index (χ3n) is 8.43. The summed E-state index contributed by atoms with van der Waals surface area (Å²) in [6.45, 7) is 24.6. The Bertz CT molecular complexity index is 1930. The number of aryl methyl sites for hydroxylation is 4. The van der Waals surface area contributed by atoms with Gasteiger partial charge in [0.05, 0.1) is 0 Å². The van der Waals surface area contributed by atoms with Crippen molar-refractivity contribution in [2.45, 2.75) is 86.7 Å². The third kappa shape index (κ3) is 10.4. The maximum absolute atomic E-state index is 2.35. The molecule has 246 valence electrons. The molecule has 0 aromatic heterocycles. The van der Waals surface area contributed by atoms with Crippen LogP contribution in [0.3, 0.4) is 0 Å². The van der Waals surface area contributed by atoms with Gasteiger partial charge in [0.1, 0.15) is 0 Å². The first kappa shape index (κ1) is 41.0. The average Bonchev–Trinajstić information content (AvgIpc) is 3.59. The van der Waals surface area contributed by atoms with Gasteiger partial charge < -0.3 is 24.8 Å². The number of fused-ring (bicyclic) bond motifs is 2. The molecule has 0 unspecified atom stereocenters. The molecule has 0 N–H and O–H groups in total. The standard InChI is InChI=1S/C22H25.C19H19.C2H6Si.2ClH.Zr/c1-15(2)18-13-17-7-6-8-20(21(17)14-18)16-9-11-19(12-10-16)22(3,4)5;1-12-5-6-14(3)17(9-12)16-8-7-15(4)18-10-13(2)11-19(16)18;1-3-2;;;/h6-15H,1-5H3;5-11H,1-4H3;1-2H3;2*1H;/q2*-1;;;;+2/p-2. The summed E-state index contributed by atoms with van der Waals surface area (Å²) in [6, 6.07) is 36.1. The number of hydrogen-bond donors (Lipinski definition) is 0. The van der Waals surface area contributed by atoms with Crippen LogP contribution in [0.15, 0.2) is 97.1 Å². The van der Waals surface area contributed by atoms with Gasteiger partial charge in [-0.25, -0.2) is 0 Å². The monoisotopic (exact) mass is 754 g/mol. The zero-order valence-corrected chi connectivity index (χ0v) is 35.0. The van der Waals surface area contributed by atoms with Crippen LogP contribution in [0.5, 0.6) is 0 Å². The van der Waals surface area contributed by atoms with Crippen molar-refractivity contribution in [3.63, 3.8) is 0 Å². The van der Waals surface area contributed by atoms with Crippen LogP contribution < -0.4 is 24.8 Å². The molecule has 6 rings (SSSR count). The molecule has 0 saturated carbocycles. The molecule has 0 aliphatic heterocycles. The second-order valence-corrected chi connectivity index (χ2v) is 23.6. The number of benzene rings is 4. The van der Waals surface area contributed by atoms with E-state index in [0.717, 1.165) is 0 Å². The van der Waals surface area contributed by atoms with Gasteiger partial charge in [0, 0.05) is 0 Å². The normalized spacial score (nSPS) is 10.9. The second-order valence-electron chi connectivity index (χ2n) is 14.2. The van der Waals surface area contributed by atoms with E-state index in [0.29, 0.717) is 5.92 Å². The summed E-state index contributed by atoms with van der Waals surface area (Å²) in [7, 11) is 0. The Morgan fingerprint density at radius 3 is 1.87 bits per heavy atom. The number of hydrogen-bond acceptors (Lipinski definition) is 0. The van der Waals surface area contributed by atoms with Crippen molar-refractivity contribution in [2.24, 2.45) is 0 Å². The SMILES string of the molecule is CC(C)c1cc2c(-c3ccc(C(C)(C)C)cc3)cccc2[cH-]1.C[Si](C)=[Zr+2].Cc1ccc(C)c(-c2ccc(C)c3[cH-]c(C)cc23)c1.[Cl-].[Cl-]. The molecule has 0 nitrogen and oxygen atoms in total. The molecule has 0 aliphatic rings. The van der Waals surface area contributed by atoms with Crippen molar-refractivity contribution in [1.29, 1.82) is 0 Å². The van der Waals surface area contributed by atoms with Crippen molar-refractivity contribution in [2.75, 3.05) is 0 Å². The summed E-state index contributed by atoms with van der Waals surface area (Å²) in [4.78, 5) is 0. The minimum Gasteiger partial charge on any atom is -1.00 e. The first-order valence-corrected chi connectivity index (χ1v) is 22.4. The molecule has 0 radical (unpaired) electrons. The topological polar surface area (TPSA) is 0 Å². The Morgan fingerprint density at radius 2 is 1.28 bits per heavy atom. The van der Waals surface area contributed by atoms with Crippen LogP contribution >= 0.6 is 0 Å². The van der Waals surface area contributed by atoms with E-state index in [-0.39, 0.29) is 35.7 Å². The van der Waals surface area contributed by atoms with Crippen LogP contribution in [-0.4, -0.2) is 5.43 Å². The summed E-state index contributed by atoms with van der Waals surface area (Å²) >= 11 is 1.74. The van der Waals surface area contributed by atoms with E-state index in [1.165, 1.54) is 77.2 Å². The molecule has 0 bridgehead atoms. The molecule has 0 aliphatic carbocycles. The van der Waals surface area contributed by atoms with Crippen LogP contribution in [0.2, 0.25) is 13.1 Å². The fraction of sp³-hybridized carbons (Fsp3) is 0.302. The Balaban J connectivity index is 0.000000285. The molecule has 6 aromatic rings. The molecule has 0 atom stereocenters. The summed E-state index contributed by atoms with van der Waals surface area (Å²) < 4.78 is 0. The van der Waals surface area contributed by atoms with Gasteiger partial charge in [-0.3, -0.25) is 0 Å². The first-order chi connectivity index (χ1) is 21.1. The molecule has 47 heavy (non-hydrogen) atoms. The van der Waals surface area contributed by atoms with E-state index < -0.39 is 0 Å². The number of rotatable bonds is 3. The largest absolute Gasteiger partial charge is 1.00 e. The molecule has 0 fully saturated rings. The van der Waals surface area contributed by atoms with E-state index >= 15 is 0 Å². The summed E-state index contributed by atoms with van der Waals surface area (Å²) in [5.41, 5.74) is 13.9. The predicted octanol–water partition coefficient (Wildman–Crippen LogP) is 6.90. The van der Waals surface area contributed by atoms with Gasteiger partial charge >= 0.3 is 41.9 Å². The zero-order chi connectivity index (χ0) is 33.1. The van der Waals surface area contributed by atoms with Crippen LogP contribution in [0, 0.1) is 27.7 Å². The van der Waals surface area contributed by atoms with E-state index in [1.54, 1.807) is 23.3 Å². The Labute approximate surface area is 312 Å². The van der Waals surface area contributed by atoms with E-state index in [1.807, 2.05) is 0 Å². The molecule has 6 aromatic carbocycles. The Hall–Kier alpha value is -2.22. The zero-order valence-electron chi connectivity index (χ0n) is 30.1. The summed E-state index contributed by atoms with van der Waals surface area (Å²) in [6.07, 6.45) is 0. The van der Waals surface area contributed by atoms with Gasteiger partial charge in [-0.15, -0.1) is 68.6 Å². The van der Waals surface area contributed by atoms with Gasteiger partial charge in [0.15, 0.2) is 0 Å². The molecule has 0 spiro atoms. The third-order valence-corrected chi connectivity index (χ3v) is 8.43. The van der Waals surface area contributed by atoms with Gasteiger partial charge in [-0.1, -0.05) is 120 Å². The van der Waals surface area contributed by atoms with Crippen LogP contribution in [0.4, 0.5) is 0 Å². The molecule has 0 amide bonds. The van der Waals surface area contributed by atoms with Crippen LogP contribution in [0.25, 0.3) is 43.8 Å². The van der Waals surface area contributed by atoms with Crippen LogP contribution in [0.1, 0.15) is 73.9 Å². The van der Waals surface area contributed by atoms with Crippen molar-refractivity contribution in [1.82, 2.24) is 0 Å². The quantitative estimate of drug-likeness (QED) is 0.136. The van der Waals surface area contributed by atoms with Gasteiger partial charge in [0.25, 0.3) is 0 Å². The molecule has 0 saturated heterocycles. The maximum Gasteiger partial charge on any atom is -0.0247 e. The van der Waals surface area contributed by atoms with Crippen molar-refractivity contribution >= 4 is 27.0 Å². The summed E-state index contributed by atoms with van der Waals surface area (Å²) in [5, 5.41) is 5.48. The second kappa shape index (κ2) is 17.4. The van der Waals surface area contributed by atoms with Gasteiger partial charge in [-0.05, 0) is 47.4 Å². The molecular formula is C43H50Cl2SiZr-2. The smallest absolute Gasteiger partial charge is 0.0247 e. The number of halogens is 2. The van der Waals surface area contributed by atoms with Gasteiger partial charge in [0.2, 0.25) is 0 Å². The minimum atomic E-state index is 0. The van der Waals surface area contributed by atoms with Crippen LogP contribution in [-0.2, 0) is 28.8 Å². The van der Waals surface area contributed by atoms with Gasteiger partial charge in [-0.2, -0.15) is 12.1 Å². The maximum atomic E-state index is 2.35. The molecule has 4 heteroatoms. The first-order valence-electron chi connectivity index (χ1n) is 16.2. The average molecular weight is 757 g/mol. The Morgan fingerprint density at radius 1 is 0.660 bits per heavy atom.